The number of nitrogen functional groups attached to an aromatic ring is 1. The zero-order chi connectivity index (χ0) is 15.7. The molecule has 1 aliphatic heterocycles. The first-order valence-corrected chi connectivity index (χ1v) is 7.02. The van der Waals surface area contributed by atoms with E-state index < -0.39 is 0 Å². The number of ether oxygens (including phenoxy) is 1. The smallest absolute Gasteiger partial charge is 0.257 e. The molecule has 0 atom stereocenters. The van der Waals surface area contributed by atoms with Crippen molar-refractivity contribution in [2.75, 3.05) is 19.4 Å². The number of nitrogens with zero attached hydrogens (tertiary/aromatic N) is 2. The summed E-state index contributed by atoms with van der Waals surface area (Å²) in [5.41, 5.74) is 7.79. The zero-order valence-corrected chi connectivity index (χ0v) is 12.3. The van der Waals surface area contributed by atoms with Crippen LogP contribution in [0.15, 0.2) is 23.0 Å². The summed E-state index contributed by atoms with van der Waals surface area (Å²) in [4.78, 5) is 20.8. The maximum atomic E-state index is 12.0. The lowest BCUT2D eigenvalue weighted by Gasteiger charge is -2.27. The lowest BCUT2D eigenvalue weighted by molar-refractivity contribution is 0.241. The van der Waals surface area contributed by atoms with Crippen molar-refractivity contribution < 1.29 is 9.84 Å². The highest BCUT2D eigenvalue weighted by atomic mass is 16.5. The normalized spacial score (nSPS) is 14.6. The van der Waals surface area contributed by atoms with Crippen LogP contribution in [-0.2, 0) is 19.5 Å². The predicted molar refractivity (Wildman–Crippen MR) is 81.7 cm³/mol. The quantitative estimate of drug-likeness (QED) is 0.768. The molecule has 0 unspecified atom stereocenters. The molecule has 0 spiro atoms. The Morgan fingerprint density at radius 3 is 3.05 bits per heavy atom. The molecule has 1 aromatic heterocycles. The van der Waals surface area contributed by atoms with Crippen molar-refractivity contribution in [1.29, 1.82) is 0 Å². The first-order valence-electron chi connectivity index (χ1n) is 7.02. The number of nitrogens with one attached hydrogen (secondary N) is 1. The second kappa shape index (κ2) is 5.69. The molecule has 0 aliphatic carbocycles. The van der Waals surface area contributed by atoms with Gasteiger partial charge in [-0.25, -0.2) is 4.98 Å². The van der Waals surface area contributed by atoms with E-state index in [0.717, 1.165) is 17.8 Å². The van der Waals surface area contributed by atoms with Crippen molar-refractivity contribution in [3.8, 4) is 11.5 Å². The summed E-state index contributed by atoms with van der Waals surface area (Å²) in [5.74, 6) is 0.728. The van der Waals surface area contributed by atoms with Crippen LogP contribution in [0.2, 0.25) is 0 Å². The molecule has 116 valence electrons. The van der Waals surface area contributed by atoms with Crippen molar-refractivity contribution in [1.82, 2.24) is 14.9 Å². The van der Waals surface area contributed by atoms with Crippen LogP contribution in [0.5, 0.6) is 11.5 Å². The second-order valence-electron chi connectivity index (χ2n) is 5.34. The molecule has 0 fully saturated rings. The van der Waals surface area contributed by atoms with E-state index in [2.05, 4.69) is 14.9 Å². The van der Waals surface area contributed by atoms with Gasteiger partial charge in [-0.2, -0.15) is 0 Å². The third-order valence-electron chi connectivity index (χ3n) is 3.82. The molecule has 1 aromatic carbocycles. The number of aromatic amines is 1. The number of H-pyrrole nitrogens is 1. The van der Waals surface area contributed by atoms with Crippen LogP contribution in [0.3, 0.4) is 0 Å². The molecule has 0 saturated heterocycles. The van der Waals surface area contributed by atoms with E-state index in [1.54, 1.807) is 12.1 Å². The van der Waals surface area contributed by atoms with Crippen LogP contribution < -0.4 is 16.0 Å². The topological polar surface area (TPSA) is 104 Å². The fraction of sp³-hybridized carbons (Fsp3) is 0.333. The van der Waals surface area contributed by atoms with Gasteiger partial charge < -0.3 is 15.6 Å². The van der Waals surface area contributed by atoms with Crippen LogP contribution in [0, 0.1) is 0 Å². The molecule has 0 saturated carbocycles. The summed E-state index contributed by atoms with van der Waals surface area (Å²) in [6.45, 7) is 1.95. The van der Waals surface area contributed by atoms with Gasteiger partial charge in [-0.1, -0.05) is 6.07 Å². The number of aromatic nitrogens is 2. The lowest BCUT2D eigenvalue weighted by atomic mass is 10.1. The van der Waals surface area contributed by atoms with Gasteiger partial charge in [-0.15, -0.1) is 0 Å². The Kier molecular flexibility index (Phi) is 3.72. The fourth-order valence-electron chi connectivity index (χ4n) is 2.73. The molecule has 0 bridgehead atoms. The summed E-state index contributed by atoms with van der Waals surface area (Å²) in [5, 5.41) is 9.83. The number of hydrogen-bond acceptors (Lipinski definition) is 6. The van der Waals surface area contributed by atoms with Gasteiger partial charge in [0.25, 0.3) is 5.56 Å². The molecule has 2 aromatic rings. The molecule has 0 amide bonds. The van der Waals surface area contributed by atoms with E-state index in [0.29, 0.717) is 30.8 Å². The maximum Gasteiger partial charge on any atom is 0.257 e. The molecular weight excluding hydrogens is 284 g/mol. The van der Waals surface area contributed by atoms with Gasteiger partial charge >= 0.3 is 0 Å². The first-order chi connectivity index (χ1) is 10.6. The van der Waals surface area contributed by atoms with E-state index in [-0.39, 0.29) is 17.3 Å². The van der Waals surface area contributed by atoms with Crippen LogP contribution >= 0.6 is 0 Å². The minimum Gasteiger partial charge on any atom is -0.504 e. The van der Waals surface area contributed by atoms with Gasteiger partial charge in [0.15, 0.2) is 11.5 Å². The summed E-state index contributed by atoms with van der Waals surface area (Å²) in [6, 6.07) is 5.32. The number of methoxy groups -OCH3 is 1. The van der Waals surface area contributed by atoms with Crippen LogP contribution in [-0.4, -0.2) is 33.6 Å². The lowest BCUT2D eigenvalue weighted by Crippen LogP contribution is -2.35. The summed E-state index contributed by atoms with van der Waals surface area (Å²) >= 11 is 0. The molecular formula is C15H18N4O3. The molecule has 0 radical (unpaired) electrons. The van der Waals surface area contributed by atoms with Crippen LogP contribution in [0.4, 0.5) is 5.95 Å². The average Bonchev–Trinajstić information content (AvgIpc) is 2.48. The van der Waals surface area contributed by atoms with Crippen molar-refractivity contribution >= 4 is 5.95 Å². The number of fused-ring (bicyclic) bond motifs is 1. The molecule has 4 N–H and O–H groups in total. The van der Waals surface area contributed by atoms with Crippen LogP contribution in [0.1, 0.15) is 16.8 Å². The Morgan fingerprint density at radius 1 is 1.50 bits per heavy atom. The van der Waals surface area contributed by atoms with E-state index >= 15 is 0 Å². The number of nitrogens with two attached hydrogens (primary N) is 1. The third kappa shape index (κ3) is 2.75. The summed E-state index contributed by atoms with van der Waals surface area (Å²) in [6.07, 6.45) is 0.686. The summed E-state index contributed by atoms with van der Waals surface area (Å²) < 4.78 is 5.03. The minimum absolute atomic E-state index is 0.115. The Labute approximate surface area is 127 Å². The SMILES string of the molecule is COc1ccc(CN2CCc3nc(N)[nH]c(=O)c3C2)cc1O. The van der Waals surface area contributed by atoms with Gasteiger partial charge in [0, 0.05) is 26.1 Å². The van der Waals surface area contributed by atoms with E-state index in [1.165, 1.54) is 7.11 Å². The second-order valence-corrected chi connectivity index (χ2v) is 5.34. The molecule has 7 nitrogen and oxygen atoms in total. The average molecular weight is 302 g/mol. The van der Waals surface area contributed by atoms with E-state index in [9.17, 15) is 9.90 Å². The van der Waals surface area contributed by atoms with Gasteiger partial charge in [-0.05, 0) is 17.7 Å². The third-order valence-corrected chi connectivity index (χ3v) is 3.82. The highest BCUT2D eigenvalue weighted by molar-refractivity contribution is 5.41. The van der Waals surface area contributed by atoms with Gasteiger partial charge in [-0.3, -0.25) is 14.7 Å². The Hall–Kier alpha value is -2.54. The summed E-state index contributed by atoms with van der Waals surface area (Å²) in [7, 11) is 1.52. The predicted octanol–water partition coefficient (Wildman–Crippen LogP) is 0.625. The standard InChI is InChI=1S/C15H18N4O3/c1-22-13-3-2-9(6-12(13)20)7-19-5-4-11-10(8-19)14(21)18-15(16)17-11/h2-3,6,20H,4-5,7-8H2,1H3,(H3,16,17,18,21). The molecule has 22 heavy (non-hydrogen) atoms. The largest absolute Gasteiger partial charge is 0.504 e. The number of phenolic OH excluding ortho intramolecular Hbond substituents is 1. The number of phenols is 1. The highest BCUT2D eigenvalue weighted by Gasteiger charge is 2.21. The molecule has 3 rings (SSSR count). The van der Waals surface area contributed by atoms with Crippen LogP contribution in [0.25, 0.3) is 0 Å². The van der Waals surface area contributed by atoms with Gasteiger partial charge in [0.1, 0.15) is 0 Å². The molecule has 2 heterocycles. The van der Waals surface area contributed by atoms with Gasteiger partial charge in [0.2, 0.25) is 5.95 Å². The highest BCUT2D eigenvalue weighted by Crippen LogP contribution is 2.27. The monoisotopic (exact) mass is 302 g/mol. The van der Waals surface area contributed by atoms with Crippen molar-refractivity contribution in [3.63, 3.8) is 0 Å². The zero-order valence-electron chi connectivity index (χ0n) is 12.3. The Balaban J connectivity index is 1.78. The number of hydrogen-bond donors (Lipinski definition) is 3. The van der Waals surface area contributed by atoms with E-state index in [1.807, 2.05) is 6.07 Å². The Morgan fingerprint density at radius 2 is 2.32 bits per heavy atom. The molecule has 1 aliphatic rings. The number of benzene rings is 1. The number of anilines is 1. The maximum absolute atomic E-state index is 12.0. The van der Waals surface area contributed by atoms with E-state index in [4.69, 9.17) is 10.5 Å². The first kappa shape index (κ1) is 14.4. The van der Waals surface area contributed by atoms with Crippen molar-refractivity contribution in [3.05, 3.63) is 45.4 Å². The van der Waals surface area contributed by atoms with Crippen molar-refractivity contribution in [2.24, 2.45) is 0 Å². The molecule has 7 heteroatoms. The number of aromatic hydroxyl groups is 1. The Bertz CT molecular complexity index is 757. The number of rotatable bonds is 3. The fourth-order valence-corrected chi connectivity index (χ4v) is 2.73. The van der Waals surface area contributed by atoms with Gasteiger partial charge in [0.05, 0.1) is 18.4 Å². The minimum atomic E-state index is -0.176. The van der Waals surface area contributed by atoms with Crippen molar-refractivity contribution in [2.45, 2.75) is 19.5 Å².